The Morgan fingerprint density at radius 3 is 2.86 bits per heavy atom. The van der Waals surface area contributed by atoms with Gasteiger partial charge in [-0.05, 0) is 43.7 Å². The Morgan fingerprint density at radius 1 is 1.32 bits per heavy atom. The van der Waals surface area contributed by atoms with Gasteiger partial charge in [-0.3, -0.25) is 4.79 Å². The second-order valence-corrected chi connectivity index (χ2v) is 7.08. The number of rotatable bonds is 2. The highest BCUT2D eigenvalue weighted by Crippen LogP contribution is 2.33. The van der Waals surface area contributed by atoms with Gasteiger partial charge in [0.2, 0.25) is 0 Å². The fraction of sp³-hybridized carbons (Fsp3) is 0.421. The SMILES string of the molecule is CC1=CCC(C)(C)C(NC(=O)c2cc3ccccc3[nH]2)CC1. The predicted octanol–water partition coefficient (Wildman–Crippen LogP) is 4.42. The summed E-state index contributed by atoms with van der Waals surface area (Å²) in [6.45, 7) is 6.65. The minimum Gasteiger partial charge on any atom is -0.351 e. The molecule has 116 valence electrons. The summed E-state index contributed by atoms with van der Waals surface area (Å²) in [5, 5.41) is 4.32. The van der Waals surface area contributed by atoms with Crippen LogP contribution in [-0.4, -0.2) is 16.9 Å². The number of hydrogen-bond donors (Lipinski definition) is 2. The first-order valence-electron chi connectivity index (χ1n) is 8.00. The van der Waals surface area contributed by atoms with Gasteiger partial charge in [0.05, 0.1) is 0 Å². The maximum absolute atomic E-state index is 12.6. The van der Waals surface area contributed by atoms with Gasteiger partial charge in [0, 0.05) is 16.9 Å². The number of aromatic nitrogens is 1. The molecule has 22 heavy (non-hydrogen) atoms. The highest BCUT2D eigenvalue weighted by molar-refractivity contribution is 5.98. The first kappa shape index (κ1) is 14.9. The molecule has 1 unspecified atom stereocenters. The lowest BCUT2D eigenvalue weighted by atomic mass is 9.80. The normalized spacial score (nSPS) is 21.2. The summed E-state index contributed by atoms with van der Waals surface area (Å²) in [4.78, 5) is 15.8. The van der Waals surface area contributed by atoms with Crippen LogP contribution in [0, 0.1) is 5.41 Å². The van der Waals surface area contributed by atoms with Crippen LogP contribution < -0.4 is 5.32 Å². The number of carbonyl (C=O) groups is 1. The average molecular weight is 296 g/mol. The molecule has 1 heterocycles. The fourth-order valence-electron chi connectivity index (χ4n) is 3.14. The molecule has 3 rings (SSSR count). The summed E-state index contributed by atoms with van der Waals surface area (Å²) in [6, 6.07) is 10.1. The summed E-state index contributed by atoms with van der Waals surface area (Å²) >= 11 is 0. The molecule has 1 atom stereocenters. The molecule has 0 fully saturated rings. The molecule has 0 saturated carbocycles. The lowest BCUT2D eigenvalue weighted by molar-refractivity contribution is 0.0888. The number of benzene rings is 1. The van der Waals surface area contributed by atoms with Crippen LogP contribution in [0.2, 0.25) is 0 Å². The van der Waals surface area contributed by atoms with E-state index in [1.807, 2.05) is 30.3 Å². The number of hydrogen-bond acceptors (Lipinski definition) is 1. The molecule has 1 aromatic heterocycles. The molecular weight excluding hydrogens is 272 g/mol. The second kappa shape index (κ2) is 5.64. The van der Waals surface area contributed by atoms with E-state index < -0.39 is 0 Å². The van der Waals surface area contributed by atoms with Gasteiger partial charge in [-0.2, -0.15) is 0 Å². The molecule has 1 aliphatic rings. The van der Waals surface area contributed by atoms with E-state index in [-0.39, 0.29) is 17.4 Å². The molecule has 1 aromatic carbocycles. The molecular formula is C19H24N2O. The Labute approximate surface area is 131 Å². The van der Waals surface area contributed by atoms with Gasteiger partial charge in [-0.1, -0.05) is 43.7 Å². The van der Waals surface area contributed by atoms with E-state index in [0.29, 0.717) is 5.69 Å². The zero-order chi connectivity index (χ0) is 15.7. The van der Waals surface area contributed by atoms with Crippen LogP contribution in [-0.2, 0) is 0 Å². The van der Waals surface area contributed by atoms with Gasteiger partial charge < -0.3 is 10.3 Å². The van der Waals surface area contributed by atoms with Crippen LogP contribution in [0.25, 0.3) is 10.9 Å². The molecule has 0 spiro atoms. The molecule has 1 amide bonds. The van der Waals surface area contributed by atoms with Crippen molar-refractivity contribution in [1.29, 1.82) is 0 Å². The van der Waals surface area contributed by atoms with Crippen molar-refractivity contribution in [3.05, 3.63) is 47.7 Å². The monoisotopic (exact) mass is 296 g/mol. The first-order chi connectivity index (χ1) is 10.5. The lowest BCUT2D eigenvalue weighted by Gasteiger charge is -2.33. The smallest absolute Gasteiger partial charge is 0.267 e. The quantitative estimate of drug-likeness (QED) is 0.792. The van der Waals surface area contributed by atoms with Crippen LogP contribution in [0.4, 0.5) is 0 Å². The highest BCUT2D eigenvalue weighted by Gasteiger charge is 2.31. The van der Waals surface area contributed by atoms with Crippen molar-refractivity contribution in [3.8, 4) is 0 Å². The van der Waals surface area contributed by atoms with Crippen molar-refractivity contribution in [2.45, 2.75) is 46.1 Å². The third kappa shape index (κ3) is 2.94. The molecule has 2 aromatic rings. The van der Waals surface area contributed by atoms with Crippen molar-refractivity contribution in [2.24, 2.45) is 5.41 Å². The zero-order valence-corrected chi connectivity index (χ0v) is 13.6. The van der Waals surface area contributed by atoms with Gasteiger partial charge >= 0.3 is 0 Å². The Hall–Kier alpha value is -2.03. The standard InChI is InChI=1S/C19H24N2O/c1-13-8-9-17(19(2,3)11-10-13)21-18(22)16-12-14-6-4-5-7-15(14)20-16/h4-7,10,12,17,20H,8-9,11H2,1-3H3,(H,21,22). The predicted molar refractivity (Wildman–Crippen MR) is 90.9 cm³/mol. The van der Waals surface area contributed by atoms with E-state index in [2.05, 4.69) is 37.1 Å². The summed E-state index contributed by atoms with van der Waals surface area (Å²) in [5.74, 6) is -0.00571. The molecule has 1 aliphatic carbocycles. The Kier molecular flexibility index (Phi) is 3.81. The van der Waals surface area contributed by atoms with Crippen molar-refractivity contribution in [1.82, 2.24) is 10.3 Å². The highest BCUT2D eigenvalue weighted by atomic mass is 16.1. The third-order valence-electron chi connectivity index (χ3n) is 4.83. The number of allylic oxidation sites excluding steroid dienone is 2. The van der Waals surface area contributed by atoms with E-state index in [1.165, 1.54) is 5.57 Å². The van der Waals surface area contributed by atoms with Crippen LogP contribution in [0.3, 0.4) is 0 Å². The number of H-pyrrole nitrogens is 1. The molecule has 0 radical (unpaired) electrons. The third-order valence-corrected chi connectivity index (χ3v) is 4.83. The van der Waals surface area contributed by atoms with Crippen molar-refractivity contribution >= 4 is 16.8 Å². The lowest BCUT2D eigenvalue weighted by Crippen LogP contribution is -2.44. The van der Waals surface area contributed by atoms with Crippen LogP contribution in [0.1, 0.15) is 50.5 Å². The minimum atomic E-state index is -0.00571. The summed E-state index contributed by atoms with van der Waals surface area (Å²) < 4.78 is 0. The van der Waals surface area contributed by atoms with E-state index in [9.17, 15) is 4.79 Å². The molecule has 0 bridgehead atoms. The second-order valence-electron chi connectivity index (χ2n) is 7.08. The number of carbonyl (C=O) groups excluding carboxylic acids is 1. The minimum absolute atomic E-state index is 0.00571. The molecule has 2 N–H and O–H groups in total. The summed E-state index contributed by atoms with van der Waals surface area (Å²) in [7, 11) is 0. The topological polar surface area (TPSA) is 44.9 Å². The van der Waals surface area contributed by atoms with Crippen molar-refractivity contribution in [2.75, 3.05) is 0 Å². The van der Waals surface area contributed by atoms with E-state index in [0.717, 1.165) is 30.2 Å². The molecule has 0 saturated heterocycles. The average Bonchev–Trinajstić information content (AvgIpc) is 2.88. The number of fused-ring (bicyclic) bond motifs is 1. The maximum atomic E-state index is 12.6. The Morgan fingerprint density at radius 2 is 2.09 bits per heavy atom. The van der Waals surface area contributed by atoms with Crippen LogP contribution in [0.15, 0.2) is 42.0 Å². The van der Waals surface area contributed by atoms with Gasteiger partial charge in [0.15, 0.2) is 0 Å². The fourth-order valence-corrected chi connectivity index (χ4v) is 3.14. The van der Waals surface area contributed by atoms with Crippen LogP contribution in [0.5, 0.6) is 0 Å². The first-order valence-corrected chi connectivity index (χ1v) is 8.00. The maximum Gasteiger partial charge on any atom is 0.267 e. The number of nitrogens with one attached hydrogen (secondary N) is 2. The van der Waals surface area contributed by atoms with Gasteiger partial charge in [-0.25, -0.2) is 0 Å². The number of amides is 1. The largest absolute Gasteiger partial charge is 0.351 e. The number of para-hydroxylation sites is 1. The number of aromatic amines is 1. The zero-order valence-electron chi connectivity index (χ0n) is 13.6. The summed E-state index contributed by atoms with van der Waals surface area (Å²) in [5.41, 5.74) is 3.16. The molecule has 3 nitrogen and oxygen atoms in total. The van der Waals surface area contributed by atoms with E-state index >= 15 is 0 Å². The molecule has 0 aliphatic heterocycles. The summed E-state index contributed by atoms with van der Waals surface area (Å²) in [6.07, 6.45) is 5.38. The van der Waals surface area contributed by atoms with Crippen molar-refractivity contribution < 1.29 is 4.79 Å². The Bertz CT molecular complexity index is 691. The van der Waals surface area contributed by atoms with E-state index in [4.69, 9.17) is 0 Å². The van der Waals surface area contributed by atoms with Gasteiger partial charge in [0.1, 0.15) is 5.69 Å². The van der Waals surface area contributed by atoms with Gasteiger partial charge in [-0.15, -0.1) is 0 Å². The van der Waals surface area contributed by atoms with Crippen LogP contribution >= 0.6 is 0 Å². The molecule has 3 heteroatoms. The Balaban J connectivity index is 1.78. The van der Waals surface area contributed by atoms with Crippen molar-refractivity contribution in [3.63, 3.8) is 0 Å². The van der Waals surface area contributed by atoms with Gasteiger partial charge in [0.25, 0.3) is 5.91 Å². The van der Waals surface area contributed by atoms with E-state index in [1.54, 1.807) is 0 Å².